The van der Waals surface area contributed by atoms with E-state index in [1.165, 1.54) is 12.4 Å². The van der Waals surface area contributed by atoms with Crippen LogP contribution in [0.1, 0.15) is 0 Å². The highest BCUT2D eigenvalue weighted by molar-refractivity contribution is 6.33. The van der Waals surface area contributed by atoms with Gasteiger partial charge in [-0.05, 0) is 18.2 Å². The third-order valence-corrected chi connectivity index (χ3v) is 4.08. The zero-order valence-electron chi connectivity index (χ0n) is 12.5. The van der Waals surface area contributed by atoms with Gasteiger partial charge in [0.2, 0.25) is 0 Å². The molecule has 25 heavy (non-hydrogen) atoms. The number of H-pyrrole nitrogens is 1. The van der Waals surface area contributed by atoms with Crippen molar-refractivity contribution in [2.45, 2.75) is 0 Å². The molecule has 0 aliphatic rings. The van der Waals surface area contributed by atoms with Crippen molar-refractivity contribution in [3.63, 3.8) is 0 Å². The van der Waals surface area contributed by atoms with Gasteiger partial charge in [-0.3, -0.25) is 0 Å². The molecule has 2 aromatic carbocycles. The number of aromatic amines is 1. The van der Waals surface area contributed by atoms with Crippen molar-refractivity contribution < 1.29 is 8.78 Å². The fraction of sp³-hybridized carbons (Fsp3) is 0. The van der Waals surface area contributed by atoms with Crippen molar-refractivity contribution in [2.24, 2.45) is 0 Å². The summed E-state index contributed by atoms with van der Waals surface area (Å²) in [4.78, 5) is 23.3. The van der Waals surface area contributed by atoms with Gasteiger partial charge in [-0.1, -0.05) is 29.8 Å². The number of hydrogen-bond acceptors (Lipinski definition) is 3. The van der Waals surface area contributed by atoms with Crippen molar-refractivity contribution >= 4 is 22.8 Å². The fourth-order valence-corrected chi connectivity index (χ4v) is 2.89. The molecular weight excluding hydrogens is 350 g/mol. The Bertz CT molecular complexity index is 1170. The van der Waals surface area contributed by atoms with E-state index in [2.05, 4.69) is 15.0 Å². The first-order chi connectivity index (χ1) is 12.1. The van der Waals surface area contributed by atoms with Crippen LogP contribution in [0.4, 0.5) is 8.78 Å². The smallest absolute Gasteiger partial charge is 0.302 e. The summed E-state index contributed by atoms with van der Waals surface area (Å²) in [7, 11) is 0. The van der Waals surface area contributed by atoms with Crippen LogP contribution in [0, 0.1) is 11.6 Å². The topological polar surface area (TPSA) is 63.6 Å². The Morgan fingerprint density at radius 2 is 1.88 bits per heavy atom. The summed E-state index contributed by atoms with van der Waals surface area (Å²) >= 11 is 6.20. The Morgan fingerprint density at radius 1 is 1.08 bits per heavy atom. The van der Waals surface area contributed by atoms with E-state index in [1.54, 1.807) is 24.3 Å². The maximum absolute atomic E-state index is 14.1. The summed E-state index contributed by atoms with van der Waals surface area (Å²) in [5.74, 6) is -1.61. The van der Waals surface area contributed by atoms with Crippen LogP contribution in [0.25, 0.3) is 28.1 Å². The molecule has 0 spiro atoms. The molecule has 8 heteroatoms. The molecule has 124 valence electrons. The minimum absolute atomic E-state index is 0.110. The molecule has 0 saturated heterocycles. The molecule has 0 aliphatic heterocycles. The lowest BCUT2D eigenvalue weighted by Crippen LogP contribution is -2.16. The van der Waals surface area contributed by atoms with Crippen LogP contribution in [0.5, 0.6) is 0 Å². The number of fused-ring (bicyclic) bond motifs is 1. The van der Waals surface area contributed by atoms with Gasteiger partial charge in [0.25, 0.3) is 0 Å². The molecule has 5 nitrogen and oxygen atoms in total. The molecule has 0 aliphatic carbocycles. The Kier molecular flexibility index (Phi) is 3.58. The van der Waals surface area contributed by atoms with Crippen LogP contribution >= 0.6 is 11.6 Å². The van der Waals surface area contributed by atoms with E-state index in [0.717, 1.165) is 10.6 Å². The number of aromatic nitrogens is 4. The third-order valence-electron chi connectivity index (χ3n) is 3.75. The van der Waals surface area contributed by atoms with E-state index >= 15 is 0 Å². The van der Waals surface area contributed by atoms with Gasteiger partial charge >= 0.3 is 5.69 Å². The molecule has 0 bridgehead atoms. The maximum atomic E-state index is 14.1. The SMILES string of the molecule is O=c1[nH]c2c(-c3ccccc3Cl)ncnc2n1-c1ccc(F)cc1F. The second kappa shape index (κ2) is 5.78. The Hall–Kier alpha value is -3.06. The molecule has 4 aromatic rings. The first kappa shape index (κ1) is 15.5. The van der Waals surface area contributed by atoms with Crippen LogP contribution in [-0.2, 0) is 0 Å². The molecule has 2 heterocycles. The number of nitrogens with zero attached hydrogens (tertiary/aromatic N) is 3. The van der Waals surface area contributed by atoms with Gasteiger partial charge in [0.15, 0.2) is 5.65 Å². The average molecular weight is 359 g/mol. The summed E-state index contributed by atoms with van der Waals surface area (Å²) in [6, 6.07) is 9.95. The molecule has 2 aromatic heterocycles. The number of benzene rings is 2. The molecule has 0 amide bonds. The second-order valence-electron chi connectivity index (χ2n) is 5.26. The minimum atomic E-state index is -0.874. The number of hydrogen-bond donors (Lipinski definition) is 1. The molecule has 0 atom stereocenters. The molecular formula is C17H9ClF2N4O. The summed E-state index contributed by atoms with van der Waals surface area (Å²) in [6.45, 7) is 0. The van der Waals surface area contributed by atoms with Crippen LogP contribution in [0.2, 0.25) is 5.02 Å². The Morgan fingerprint density at radius 3 is 2.64 bits per heavy atom. The number of rotatable bonds is 2. The van der Waals surface area contributed by atoms with Gasteiger partial charge in [0, 0.05) is 11.6 Å². The highest BCUT2D eigenvalue weighted by atomic mass is 35.5. The summed E-state index contributed by atoms with van der Waals surface area (Å²) in [5, 5.41) is 0.448. The van der Waals surface area contributed by atoms with Gasteiger partial charge in [0.05, 0.1) is 10.7 Å². The first-order valence-corrected chi connectivity index (χ1v) is 7.60. The minimum Gasteiger partial charge on any atom is -0.302 e. The van der Waals surface area contributed by atoms with E-state index in [9.17, 15) is 13.6 Å². The summed E-state index contributed by atoms with van der Waals surface area (Å²) in [6.07, 6.45) is 1.26. The molecule has 1 N–H and O–H groups in total. The van der Waals surface area contributed by atoms with E-state index in [1.807, 2.05) is 0 Å². The first-order valence-electron chi connectivity index (χ1n) is 7.22. The van der Waals surface area contributed by atoms with E-state index in [4.69, 9.17) is 11.6 Å². The van der Waals surface area contributed by atoms with E-state index < -0.39 is 17.3 Å². The number of imidazole rings is 1. The molecule has 0 fully saturated rings. The zero-order valence-corrected chi connectivity index (χ0v) is 13.3. The normalized spacial score (nSPS) is 11.2. The standard InChI is InChI=1S/C17H9ClF2N4O/c18-11-4-2-1-3-10(11)14-15-16(22-8-21-14)24(17(25)23-15)13-6-5-9(19)7-12(13)20/h1-8H,(H,23,25). The quantitative estimate of drug-likeness (QED) is 0.594. The predicted octanol–water partition coefficient (Wildman–Crippen LogP) is 3.71. The molecule has 4 rings (SSSR count). The van der Waals surface area contributed by atoms with Crippen LogP contribution in [-0.4, -0.2) is 19.5 Å². The summed E-state index contributed by atoms with van der Waals surface area (Å²) in [5.41, 5.74) is 0.763. The lowest BCUT2D eigenvalue weighted by molar-refractivity contribution is 0.577. The van der Waals surface area contributed by atoms with Gasteiger partial charge < -0.3 is 4.98 Å². The second-order valence-corrected chi connectivity index (χ2v) is 5.67. The molecule has 0 saturated carbocycles. The van der Waals surface area contributed by atoms with Gasteiger partial charge in [-0.15, -0.1) is 0 Å². The predicted molar refractivity (Wildman–Crippen MR) is 89.8 cm³/mol. The zero-order chi connectivity index (χ0) is 17.6. The molecule has 0 radical (unpaired) electrons. The lowest BCUT2D eigenvalue weighted by Gasteiger charge is -2.06. The van der Waals surface area contributed by atoms with Crippen LogP contribution in [0.15, 0.2) is 53.6 Å². The lowest BCUT2D eigenvalue weighted by atomic mass is 10.1. The van der Waals surface area contributed by atoms with Gasteiger partial charge in [0.1, 0.15) is 29.2 Å². The van der Waals surface area contributed by atoms with Gasteiger partial charge in [-0.2, -0.15) is 0 Å². The van der Waals surface area contributed by atoms with Crippen LogP contribution < -0.4 is 5.69 Å². The maximum Gasteiger partial charge on any atom is 0.332 e. The average Bonchev–Trinajstić information content (AvgIpc) is 2.92. The Labute approximate surface area is 144 Å². The monoisotopic (exact) mass is 358 g/mol. The summed E-state index contributed by atoms with van der Waals surface area (Å²) < 4.78 is 28.3. The van der Waals surface area contributed by atoms with E-state index in [-0.39, 0.29) is 11.3 Å². The fourth-order valence-electron chi connectivity index (χ4n) is 2.66. The van der Waals surface area contributed by atoms with Crippen molar-refractivity contribution in [2.75, 3.05) is 0 Å². The van der Waals surface area contributed by atoms with E-state index in [0.29, 0.717) is 27.9 Å². The molecule has 0 unspecified atom stereocenters. The Balaban J connectivity index is 2.04. The van der Waals surface area contributed by atoms with Crippen molar-refractivity contribution in [3.05, 3.63) is 75.9 Å². The largest absolute Gasteiger partial charge is 0.332 e. The third kappa shape index (κ3) is 2.49. The van der Waals surface area contributed by atoms with Gasteiger partial charge in [-0.25, -0.2) is 28.1 Å². The van der Waals surface area contributed by atoms with Crippen molar-refractivity contribution in [1.29, 1.82) is 0 Å². The number of halogens is 3. The highest BCUT2D eigenvalue weighted by Crippen LogP contribution is 2.30. The van der Waals surface area contributed by atoms with Crippen LogP contribution in [0.3, 0.4) is 0 Å². The highest BCUT2D eigenvalue weighted by Gasteiger charge is 2.18. The van der Waals surface area contributed by atoms with Crippen molar-refractivity contribution in [3.8, 4) is 16.9 Å². The number of nitrogens with one attached hydrogen (secondary N) is 1. The van der Waals surface area contributed by atoms with Crippen molar-refractivity contribution in [1.82, 2.24) is 19.5 Å².